The lowest BCUT2D eigenvalue weighted by Crippen LogP contribution is -2.28. The van der Waals surface area contributed by atoms with Crippen molar-refractivity contribution in [2.45, 2.75) is 24.3 Å². The first-order chi connectivity index (χ1) is 9.94. The lowest BCUT2D eigenvalue weighted by atomic mass is 10.1. The molecule has 21 heavy (non-hydrogen) atoms. The Morgan fingerprint density at radius 1 is 1.14 bits per heavy atom. The number of sulfonamides is 1. The predicted octanol–water partition coefficient (Wildman–Crippen LogP) is 4.53. The highest BCUT2D eigenvalue weighted by Crippen LogP contribution is 2.25. The van der Waals surface area contributed by atoms with Gasteiger partial charge < -0.3 is 0 Å². The maximum Gasteiger partial charge on any atom is 0.242 e. The number of hydrogen-bond donors (Lipinski definition) is 1. The molecule has 0 amide bonds. The third-order valence-corrected chi connectivity index (χ3v) is 5.84. The van der Waals surface area contributed by atoms with Crippen LogP contribution in [0, 0.1) is 0 Å². The van der Waals surface area contributed by atoms with Crippen LogP contribution in [0.4, 0.5) is 0 Å². The van der Waals surface area contributed by atoms with Gasteiger partial charge in [0.05, 0.1) is 4.90 Å². The minimum atomic E-state index is -3.59. The van der Waals surface area contributed by atoms with Crippen molar-refractivity contribution in [1.82, 2.24) is 4.72 Å². The van der Waals surface area contributed by atoms with E-state index < -0.39 is 10.0 Å². The van der Waals surface area contributed by atoms with Gasteiger partial charge in [-0.25, -0.2) is 13.1 Å². The SMILES string of the molecule is CCC(NS(=O)(=O)c1ccccc1Br)c1ccc(Cl)cc1. The smallest absolute Gasteiger partial charge is 0.207 e. The molecule has 0 saturated carbocycles. The summed E-state index contributed by atoms with van der Waals surface area (Å²) >= 11 is 9.14. The number of nitrogens with one attached hydrogen (secondary N) is 1. The zero-order valence-corrected chi connectivity index (χ0v) is 14.5. The van der Waals surface area contributed by atoms with Gasteiger partial charge in [-0.2, -0.15) is 0 Å². The van der Waals surface area contributed by atoms with Crippen LogP contribution in [0.3, 0.4) is 0 Å². The summed E-state index contributed by atoms with van der Waals surface area (Å²) < 4.78 is 28.3. The van der Waals surface area contributed by atoms with Crippen molar-refractivity contribution in [1.29, 1.82) is 0 Å². The van der Waals surface area contributed by atoms with E-state index in [9.17, 15) is 8.42 Å². The first-order valence-electron chi connectivity index (χ1n) is 6.46. The van der Waals surface area contributed by atoms with Gasteiger partial charge in [0, 0.05) is 15.5 Å². The molecule has 2 aromatic carbocycles. The van der Waals surface area contributed by atoms with Crippen LogP contribution in [0.5, 0.6) is 0 Å². The highest BCUT2D eigenvalue weighted by Gasteiger charge is 2.22. The van der Waals surface area contributed by atoms with Gasteiger partial charge in [0.25, 0.3) is 0 Å². The van der Waals surface area contributed by atoms with E-state index >= 15 is 0 Å². The molecule has 3 nitrogen and oxygen atoms in total. The molecule has 2 rings (SSSR count). The van der Waals surface area contributed by atoms with Crippen LogP contribution >= 0.6 is 27.5 Å². The van der Waals surface area contributed by atoms with E-state index in [2.05, 4.69) is 20.7 Å². The van der Waals surface area contributed by atoms with Gasteiger partial charge in [0.2, 0.25) is 10.0 Å². The van der Waals surface area contributed by atoms with E-state index in [1.807, 2.05) is 19.1 Å². The Morgan fingerprint density at radius 3 is 2.33 bits per heavy atom. The van der Waals surface area contributed by atoms with Crippen LogP contribution < -0.4 is 4.72 Å². The van der Waals surface area contributed by atoms with E-state index in [1.165, 1.54) is 0 Å². The second-order valence-electron chi connectivity index (χ2n) is 4.56. The van der Waals surface area contributed by atoms with Crippen LogP contribution in [0.25, 0.3) is 0 Å². The first kappa shape index (κ1) is 16.5. The molecular formula is C15H15BrClNO2S. The van der Waals surface area contributed by atoms with Crippen LogP contribution in [0.15, 0.2) is 57.9 Å². The van der Waals surface area contributed by atoms with Crippen molar-refractivity contribution in [3.8, 4) is 0 Å². The van der Waals surface area contributed by atoms with Crippen molar-refractivity contribution >= 4 is 37.6 Å². The molecule has 0 radical (unpaired) electrons. The van der Waals surface area contributed by atoms with Crippen LogP contribution in [-0.4, -0.2) is 8.42 Å². The number of rotatable bonds is 5. The van der Waals surface area contributed by atoms with E-state index in [0.29, 0.717) is 15.9 Å². The quantitative estimate of drug-likeness (QED) is 0.818. The highest BCUT2D eigenvalue weighted by molar-refractivity contribution is 9.10. The third-order valence-electron chi connectivity index (χ3n) is 3.10. The molecule has 0 bridgehead atoms. The van der Waals surface area contributed by atoms with E-state index in [1.54, 1.807) is 36.4 Å². The number of benzene rings is 2. The maximum atomic E-state index is 12.5. The van der Waals surface area contributed by atoms with Crippen molar-refractivity contribution in [3.05, 3.63) is 63.6 Å². The van der Waals surface area contributed by atoms with Crippen LogP contribution in [0.2, 0.25) is 5.02 Å². The molecular weight excluding hydrogens is 374 g/mol. The molecule has 1 N–H and O–H groups in total. The summed E-state index contributed by atoms with van der Waals surface area (Å²) in [7, 11) is -3.59. The standard InChI is InChI=1S/C15H15BrClNO2S/c1-2-14(11-7-9-12(17)10-8-11)18-21(19,20)15-6-4-3-5-13(15)16/h3-10,14,18H,2H2,1H3. The molecule has 0 aliphatic carbocycles. The second kappa shape index (κ2) is 6.92. The highest BCUT2D eigenvalue weighted by atomic mass is 79.9. The lowest BCUT2D eigenvalue weighted by Gasteiger charge is -2.18. The van der Waals surface area contributed by atoms with Gasteiger partial charge in [-0.3, -0.25) is 0 Å². The van der Waals surface area contributed by atoms with Crippen LogP contribution in [-0.2, 0) is 10.0 Å². The van der Waals surface area contributed by atoms with Gasteiger partial charge in [0.15, 0.2) is 0 Å². The monoisotopic (exact) mass is 387 g/mol. The molecule has 0 saturated heterocycles. The molecule has 0 aliphatic heterocycles. The van der Waals surface area contributed by atoms with Gasteiger partial charge in [-0.1, -0.05) is 42.8 Å². The molecule has 0 aliphatic rings. The van der Waals surface area contributed by atoms with E-state index in [4.69, 9.17) is 11.6 Å². The number of halogens is 2. The molecule has 1 atom stereocenters. The molecule has 0 fully saturated rings. The summed E-state index contributed by atoms with van der Waals surface area (Å²) in [5.41, 5.74) is 0.887. The third kappa shape index (κ3) is 4.07. The molecule has 0 aromatic heterocycles. The lowest BCUT2D eigenvalue weighted by molar-refractivity contribution is 0.549. The minimum absolute atomic E-state index is 0.234. The van der Waals surface area contributed by atoms with Crippen LogP contribution in [0.1, 0.15) is 24.9 Å². The molecule has 0 spiro atoms. The van der Waals surface area contributed by atoms with Crippen molar-refractivity contribution in [2.24, 2.45) is 0 Å². The topological polar surface area (TPSA) is 46.2 Å². The molecule has 2 aromatic rings. The Hall–Kier alpha value is -0.880. The normalized spacial score (nSPS) is 13.1. The second-order valence-corrected chi connectivity index (χ2v) is 7.54. The summed E-state index contributed by atoms with van der Waals surface area (Å²) in [5.74, 6) is 0. The zero-order chi connectivity index (χ0) is 15.5. The Bertz CT molecular complexity index is 717. The maximum absolute atomic E-state index is 12.5. The molecule has 112 valence electrons. The summed E-state index contributed by atoms with van der Waals surface area (Å²) in [6, 6.07) is 13.6. The van der Waals surface area contributed by atoms with E-state index in [0.717, 1.165) is 5.56 Å². The van der Waals surface area contributed by atoms with E-state index in [-0.39, 0.29) is 10.9 Å². The Kier molecular flexibility index (Phi) is 5.43. The van der Waals surface area contributed by atoms with Gasteiger partial charge in [-0.05, 0) is 52.2 Å². The fourth-order valence-electron chi connectivity index (χ4n) is 2.00. The Morgan fingerprint density at radius 2 is 1.76 bits per heavy atom. The minimum Gasteiger partial charge on any atom is -0.207 e. The summed E-state index contributed by atoms with van der Waals surface area (Å²) in [5, 5.41) is 0.627. The summed E-state index contributed by atoms with van der Waals surface area (Å²) in [6.07, 6.45) is 0.644. The predicted molar refractivity (Wildman–Crippen MR) is 88.9 cm³/mol. The van der Waals surface area contributed by atoms with Gasteiger partial charge >= 0.3 is 0 Å². The number of hydrogen-bond acceptors (Lipinski definition) is 2. The average Bonchev–Trinajstić information content (AvgIpc) is 2.46. The van der Waals surface area contributed by atoms with Crippen molar-refractivity contribution in [3.63, 3.8) is 0 Å². The largest absolute Gasteiger partial charge is 0.242 e. The van der Waals surface area contributed by atoms with Gasteiger partial charge in [-0.15, -0.1) is 0 Å². The first-order valence-corrected chi connectivity index (χ1v) is 9.12. The average molecular weight is 389 g/mol. The Balaban J connectivity index is 2.30. The fourth-order valence-corrected chi connectivity index (χ4v) is 4.43. The fraction of sp³-hybridized carbons (Fsp3) is 0.200. The van der Waals surface area contributed by atoms with Crippen molar-refractivity contribution < 1.29 is 8.42 Å². The molecule has 6 heteroatoms. The molecule has 1 unspecified atom stereocenters. The summed E-state index contributed by atoms with van der Waals surface area (Å²) in [4.78, 5) is 0.234. The molecule has 0 heterocycles. The van der Waals surface area contributed by atoms with Gasteiger partial charge in [0.1, 0.15) is 0 Å². The zero-order valence-electron chi connectivity index (χ0n) is 11.4. The summed E-state index contributed by atoms with van der Waals surface area (Å²) in [6.45, 7) is 1.93. The van der Waals surface area contributed by atoms with Crippen molar-refractivity contribution in [2.75, 3.05) is 0 Å². The Labute approximate surface area is 138 Å².